The zero-order valence-electron chi connectivity index (χ0n) is 6.85. The van der Waals surface area contributed by atoms with Crippen LogP contribution in [0.4, 0.5) is 0 Å². The van der Waals surface area contributed by atoms with Gasteiger partial charge in [0.15, 0.2) is 0 Å². The highest BCUT2D eigenvalue weighted by atomic mass is 16.3. The summed E-state index contributed by atoms with van der Waals surface area (Å²) < 4.78 is 0. The van der Waals surface area contributed by atoms with Crippen molar-refractivity contribution in [2.24, 2.45) is 5.92 Å². The molecule has 1 aliphatic rings. The number of hydrogen-bond acceptors (Lipinski definition) is 2. The molecule has 0 saturated heterocycles. The van der Waals surface area contributed by atoms with E-state index in [0.29, 0.717) is 12.5 Å². The van der Waals surface area contributed by atoms with Gasteiger partial charge in [-0.05, 0) is 25.3 Å². The van der Waals surface area contributed by atoms with Crippen LogP contribution >= 0.6 is 0 Å². The Kier molecular flexibility index (Phi) is 2.32. The van der Waals surface area contributed by atoms with Gasteiger partial charge in [0.05, 0.1) is 6.61 Å². The number of rotatable bonds is 4. The molecule has 0 heterocycles. The zero-order valence-corrected chi connectivity index (χ0v) is 6.85. The molecule has 0 aliphatic heterocycles. The predicted octanol–water partition coefficient (Wildman–Crippen LogP) is 0.757. The molecule has 0 atom stereocenters. The van der Waals surface area contributed by atoms with Crippen LogP contribution < -0.4 is 5.32 Å². The van der Waals surface area contributed by atoms with Crippen molar-refractivity contribution in [3.63, 3.8) is 0 Å². The maximum absolute atomic E-state index is 8.91. The van der Waals surface area contributed by atoms with Crippen molar-refractivity contribution in [2.45, 2.75) is 32.2 Å². The van der Waals surface area contributed by atoms with Crippen molar-refractivity contribution in [1.29, 1.82) is 0 Å². The summed E-state index contributed by atoms with van der Waals surface area (Å²) in [4.78, 5) is 0. The van der Waals surface area contributed by atoms with Crippen molar-refractivity contribution < 1.29 is 5.11 Å². The minimum absolute atomic E-state index is 0.129. The van der Waals surface area contributed by atoms with Gasteiger partial charge in [-0.2, -0.15) is 0 Å². The summed E-state index contributed by atoms with van der Waals surface area (Å²) in [6.07, 6.45) is 2.30. The van der Waals surface area contributed by atoms with Crippen LogP contribution in [-0.4, -0.2) is 23.8 Å². The molecule has 2 nitrogen and oxygen atoms in total. The largest absolute Gasteiger partial charge is 0.394 e. The Labute approximate surface area is 62.6 Å². The minimum atomic E-state index is 0.129. The lowest BCUT2D eigenvalue weighted by Gasteiger charge is -2.15. The fraction of sp³-hybridized carbons (Fsp3) is 1.00. The first-order valence-electron chi connectivity index (χ1n) is 4.04. The molecule has 0 bridgehead atoms. The fourth-order valence-corrected chi connectivity index (χ4v) is 0.962. The summed E-state index contributed by atoms with van der Waals surface area (Å²) in [6.45, 7) is 5.70. The topological polar surface area (TPSA) is 32.3 Å². The Balaban J connectivity index is 2.13. The van der Waals surface area contributed by atoms with E-state index in [-0.39, 0.29) is 5.54 Å². The van der Waals surface area contributed by atoms with Gasteiger partial charge in [-0.1, -0.05) is 13.8 Å². The quantitative estimate of drug-likeness (QED) is 0.609. The maximum atomic E-state index is 8.91. The zero-order chi connectivity index (χ0) is 7.61. The lowest BCUT2D eigenvalue weighted by Crippen LogP contribution is -2.37. The Morgan fingerprint density at radius 3 is 2.40 bits per heavy atom. The summed E-state index contributed by atoms with van der Waals surface area (Å²) >= 11 is 0. The Bertz CT molecular complexity index is 108. The molecule has 0 spiro atoms. The molecule has 0 amide bonds. The molecule has 10 heavy (non-hydrogen) atoms. The molecular formula is C8H17NO. The van der Waals surface area contributed by atoms with E-state index in [0.717, 1.165) is 19.4 Å². The van der Waals surface area contributed by atoms with Gasteiger partial charge < -0.3 is 10.4 Å². The third-order valence-corrected chi connectivity index (χ3v) is 2.04. The van der Waals surface area contributed by atoms with E-state index >= 15 is 0 Å². The van der Waals surface area contributed by atoms with Crippen LogP contribution in [0.1, 0.15) is 26.7 Å². The standard InChI is InChI=1S/C8H17NO/c1-7(2)5-9-8(6-10)3-4-8/h7,9-10H,3-6H2,1-2H3. The molecule has 2 heteroatoms. The average molecular weight is 143 g/mol. The van der Waals surface area contributed by atoms with Crippen LogP contribution in [0.5, 0.6) is 0 Å². The van der Waals surface area contributed by atoms with Crippen LogP contribution in [0.15, 0.2) is 0 Å². The Morgan fingerprint density at radius 2 is 2.10 bits per heavy atom. The van der Waals surface area contributed by atoms with Gasteiger partial charge in [0.1, 0.15) is 0 Å². The van der Waals surface area contributed by atoms with E-state index in [4.69, 9.17) is 5.11 Å². The number of aliphatic hydroxyl groups excluding tert-OH is 1. The van der Waals surface area contributed by atoms with Crippen molar-refractivity contribution in [2.75, 3.05) is 13.2 Å². The predicted molar refractivity (Wildman–Crippen MR) is 41.9 cm³/mol. The summed E-state index contributed by atoms with van der Waals surface area (Å²) in [5.41, 5.74) is 0.129. The Morgan fingerprint density at radius 1 is 1.50 bits per heavy atom. The van der Waals surface area contributed by atoms with Crippen molar-refractivity contribution in [3.05, 3.63) is 0 Å². The van der Waals surface area contributed by atoms with E-state index in [1.807, 2.05) is 0 Å². The van der Waals surface area contributed by atoms with Crippen LogP contribution in [0.3, 0.4) is 0 Å². The van der Waals surface area contributed by atoms with E-state index in [9.17, 15) is 0 Å². The molecule has 1 fully saturated rings. The van der Waals surface area contributed by atoms with Crippen molar-refractivity contribution >= 4 is 0 Å². The normalized spacial score (nSPS) is 21.6. The lowest BCUT2D eigenvalue weighted by atomic mass is 10.2. The van der Waals surface area contributed by atoms with Crippen molar-refractivity contribution in [3.8, 4) is 0 Å². The highest BCUT2D eigenvalue weighted by Crippen LogP contribution is 2.34. The molecule has 1 aliphatic carbocycles. The van der Waals surface area contributed by atoms with Gasteiger partial charge >= 0.3 is 0 Å². The van der Waals surface area contributed by atoms with Gasteiger partial charge in [0.2, 0.25) is 0 Å². The number of aliphatic hydroxyl groups is 1. The van der Waals surface area contributed by atoms with Crippen LogP contribution in [0.25, 0.3) is 0 Å². The smallest absolute Gasteiger partial charge is 0.0613 e. The first kappa shape index (κ1) is 8.02. The highest BCUT2D eigenvalue weighted by Gasteiger charge is 2.41. The minimum Gasteiger partial charge on any atom is -0.394 e. The molecule has 0 radical (unpaired) electrons. The highest BCUT2D eigenvalue weighted by molar-refractivity contribution is 5.01. The third kappa shape index (κ3) is 1.96. The molecule has 0 aromatic rings. The number of hydrogen-bond donors (Lipinski definition) is 2. The van der Waals surface area contributed by atoms with Crippen molar-refractivity contribution in [1.82, 2.24) is 5.32 Å². The first-order chi connectivity index (χ1) is 4.68. The van der Waals surface area contributed by atoms with Crippen LogP contribution in [0.2, 0.25) is 0 Å². The van der Waals surface area contributed by atoms with Gasteiger partial charge in [0, 0.05) is 5.54 Å². The van der Waals surface area contributed by atoms with Crippen LogP contribution in [0, 0.1) is 5.92 Å². The number of nitrogens with one attached hydrogen (secondary N) is 1. The molecule has 0 unspecified atom stereocenters. The summed E-state index contributed by atoms with van der Waals surface area (Å²) in [5, 5.41) is 12.3. The molecule has 0 aromatic heterocycles. The van der Waals surface area contributed by atoms with E-state index in [1.54, 1.807) is 0 Å². The molecule has 0 aromatic carbocycles. The summed E-state index contributed by atoms with van der Waals surface area (Å²) in [7, 11) is 0. The van der Waals surface area contributed by atoms with E-state index in [1.165, 1.54) is 0 Å². The van der Waals surface area contributed by atoms with E-state index < -0.39 is 0 Å². The maximum Gasteiger partial charge on any atom is 0.0613 e. The molecular weight excluding hydrogens is 126 g/mol. The van der Waals surface area contributed by atoms with Crippen LogP contribution in [-0.2, 0) is 0 Å². The van der Waals surface area contributed by atoms with Gasteiger partial charge in [-0.25, -0.2) is 0 Å². The van der Waals surface area contributed by atoms with Gasteiger partial charge in [-0.3, -0.25) is 0 Å². The molecule has 2 N–H and O–H groups in total. The first-order valence-corrected chi connectivity index (χ1v) is 4.04. The van der Waals surface area contributed by atoms with Gasteiger partial charge in [-0.15, -0.1) is 0 Å². The lowest BCUT2D eigenvalue weighted by molar-refractivity contribution is 0.227. The second-order valence-electron chi connectivity index (χ2n) is 3.71. The second-order valence-corrected chi connectivity index (χ2v) is 3.71. The third-order valence-electron chi connectivity index (χ3n) is 2.04. The monoisotopic (exact) mass is 143 g/mol. The summed E-state index contributed by atoms with van der Waals surface area (Å²) in [6, 6.07) is 0. The fourth-order valence-electron chi connectivity index (χ4n) is 0.962. The molecule has 1 rings (SSSR count). The SMILES string of the molecule is CC(C)CNC1(CO)CC1. The summed E-state index contributed by atoms with van der Waals surface area (Å²) in [5.74, 6) is 0.684. The second kappa shape index (κ2) is 2.89. The molecule has 60 valence electrons. The van der Waals surface area contributed by atoms with E-state index in [2.05, 4.69) is 19.2 Å². The van der Waals surface area contributed by atoms with Gasteiger partial charge in [0.25, 0.3) is 0 Å². The average Bonchev–Trinajstić information content (AvgIpc) is 2.64. The molecule has 1 saturated carbocycles. The Hall–Kier alpha value is -0.0800.